The summed E-state index contributed by atoms with van der Waals surface area (Å²) in [6, 6.07) is 0. The van der Waals surface area contributed by atoms with Crippen molar-refractivity contribution in [3.05, 3.63) is 11.8 Å². The number of carboxylic acids is 1. The van der Waals surface area contributed by atoms with Crippen molar-refractivity contribution in [2.24, 2.45) is 0 Å². The molecule has 1 aliphatic heterocycles. The highest BCUT2D eigenvalue weighted by Gasteiger charge is 2.24. The summed E-state index contributed by atoms with van der Waals surface area (Å²) in [6.07, 6.45) is 5.87. The summed E-state index contributed by atoms with van der Waals surface area (Å²) in [6.45, 7) is 4.81. The molecule has 0 amide bonds. The third-order valence-electron chi connectivity index (χ3n) is 3.17. The average molecular weight is 237 g/mol. The molecule has 0 saturated carbocycles. The predicted octanol–water partition coefficient (Wildman–Crippen LogP) is 1.98. The fourth-order valence-corrected chi connectivity index (χ4v) is 2.26. The van der Waals surface area contributed by atoms with Crippen molar-refractivity contribution in [1.82, 2.24) is 9.78 Å². The summed E-state index contributed by atoms with van der Waals surface area (Å²) in [5.74, 6) is -0.0851. The molecule has 1 aromatic heterocycles. The lowest BCUT2D eigenvalue weighted by Gasteiger charge is -2.19. The largest absolute Gasteiger partial charge is 0.477 e. The van der Waals surface area contributed by atoms with Crippen molar-refractivity contribution in [2.45, 2.75) is 39.2 Å². The van der Waals surface area contributed by atoms with Gasteiger partial charge in [0, 0.05) is 19.6 Å². The SMILES string of the molecule is CCCCn1ncc(C(=O)O)c1N1CCCC1. The minimum atomic E-state index is -0.880. The van der Waals surface area contributed by atoms with Gasteiger partial charge in [0.05, 0.1) is 6.20 Å². The van der Waals surface area contributed by atoms with E-state index in [1.54, 1.807) is 0 Å². The summed E-state index contributed by atoms with van der Waals surface area (Å²) in [4.78, 5) is 13.3. The van der Waals surface area contributed by atoms with E-state index >= 15 is 0 Å². The molecule has 5 heteroatoms. The summed E-state index contributed by atoms with van der Waals surface area (Å²) in [5, 5.41) is 13.4. The van der Waals surface area contributed by atoms with E-state index in [1.807, 2.05) is 4.68 Å². The number of anilines is 1. The highest BCUT2D eigenvalue weighted by atomic mass is 16.4. The van der Waals surface area contributed by atoms with Crippen LogP contribution in [0.5, 0.6) is 0 Å². The highest BCUT2D eigenvalue weighted by Crippen LogP contribution is 2.25. The molecule has 0 bridgehead atoms. The molecule has 2 rings (SSSR count). The van der Waals surface area contributed by atoms with Crippen molar-refractivity contribution >= 4 is 11.8 Å². The number of carbonyl (C=O) groups is 1. The summed E-state index contributed by atoms with van der Waals surface area (Å²) in [7, 11) is 0. The monoisotopic (exact) mass is 237 g/mol. The van der Waals surface area contributed by atoms with E-state index in [1.165, 1.54) is 6.20 Å². The van der Waals surface area contributed by atoms with Crippen molar-refractivity contribution < 1.29 is 9.90 Å². The standard InChI is InChI=1S/C12H19N3O2/c1-2-3-8-15-11(14-6-4-5-7-14)10(9-13-15)12(16)17/h9H,2-8H2,1H3,(H,16,17). The van der Waals surface area contributed by atoms with Gasteiger partial charge in [-0.1, -0.05) is 13.3 Å². The first-order valence-electron chi connectivity index (χ1n) is 6.28. The quantitative estimate of drug-likeness (QED) is 0.850. The number of carboxylic acid groups (broad SMARTS) is 1. The van der Waals surface area contributed by atoms with Gasteiger partial charge in [0.25, 0.3) is 0 Å². The van der Waals surface area contributed by atoms with Gasteiger partial charge in [-0.3, -0.25) is 0 Å². The second-order valence-electron chi connectivity index (χ2n) is 4.46. The van der Waals surface area contributed by atoms with Crippen LogP contribution >= 0.6 is 0 Å². The minimum absolute atomic E-state index is 0.336. The van der Waals surface area contributed by atoms with Crippen LogP contribution in [0.4, 0.5) is 5.82 Å². The van der Waals surface area contributed by atoms with Crippen LogP contribution in [0.3, 0.4) is 0 Å². The number of nitrogens with zero attached hydrogens (tertiary/aromatic N) is 3. The Labute approximate surface area is 101 Å². The van der Waals surface area contributed by atoms with E-state index in [0.29, 0.717) is 5.56 Å². The smallest absolute Gasteiger partial charge is 0.341 e. The number of aromatic carboxylic acids is 1. The Morgan fingerprint density at radius 2 is 2.18 bits per heavy atom. The lowest BCUT2D eigenvalue weighted by atomic mass is 10.3. The number of hydrogen-bond donors (Lipinski definition) is 1. The van der Waals surface area contributed by atoms with Crippen molar-refractivity contribution in [3.63, 3.8) is 0 Å². The van der Waals surface area contributed by atoms with E-state index in [-0.39, 0.29) is 0 Å². The van der Waals surface area contributed by atoms with Gasteiger partial charge in [0.1, 0.15) is 11.4 Å². The van der Waals surface area contributed by atoms with Gasteiger partial charge in [-0.25, -0.2) is 9.48 Å². The van der Waals surface area contributed by atoms with E-state index < -0.39 is 5.97 Å². The fraction of sp³-hybridized carbons (Fsp3) is 0.667. The molecule has 0 unspecified atom stereocenters. The summed E-state index contributed by atoms with van der Waals surface area (Å²) < 4.78 is 1.85. The second-order valence-corrected chi connectivity index (χ2v) is 4.46. The fourth-order valence-electron chi connectivity index (χ4n) is 2.26. The third kappa shape index (κ3) is 2.43. The summed E-state index contributed by atoms with van der Waals surface area (Å²) in [5.41, 5.74) is 0.336. The van der Waals surface area contributed by atoms with Crippen LogP contribution in [-0.2, 0) is 6.54 Å². The molecular weight excluding hydrogens is 218 g/mol. The Morgan fingerprint density at radius 1 is 1.47 bits per heavy atom. The number of aryl methyl sites for hydroxylation is 1. The number of rotatable bonds is 5. The van der Waals surface area contributed by atoms with Crippen LogP contribution in [-0.4, -0.2) is 33.9 Å². The third-order valence-corrected chi connectivity index (χ3v) is 3.17. The molecule has 2 heterocycles. The van der Waals surface area contributed by atoms with Crippen LogP contribution in [0.1, 0.15) is 43.0 Å². The molecule has 0 aromatic carbocycles. The van der Waals surface area contributed by atoms with E-state index in [2.05, 4.69) is 16.9 Å². The maximum absolute atomic E-state index is 11.2. The Bertz CT molecular complexity index is 394. The van der Waals surface area contributed by atoms with Crippen molar-refractivity contribution in [1.29, 1.82) is 0 Å². The van der Waals surface area contributed by atoms with Crippen LogP contribution in [0.15, 0.2) is 6.20 Å². The number of unbranched alkanes of at least 4 members (excludes halogenated alkanes) is 1. The van der Waals surface area contributed by atoms with Crippen LogP contribution < -0.4 is 4.90 Å². The van der Waals surface area contributed by atoms with Gasteiger partial charge in [0.15, 0.2) is 0 Å². The first-order chi connectivity index (χ1) is 8.24. The number of hydrogen-bond acceptors (Lipinski definition) is 3. The molecule has 94 valence electrons. The Morgan fingerprint density at radius 3 is 2.76 bits per heavy atom. The van der Waals surface area contributed by atoms with Gasteiger partial charge in [-0.05, 0) is 19.3 Å². The van der Waals surface area contributed by atoms with Crippen LogP contribution in [0.25, 0.3) is 0 Å². The van der Waals surface area contributed by atoms with E-state index in [9.17, 15) is 9.90 Å². The minimum Gasteiger partial charge on any atom is -0.477 e. The Kier molecular flexibility index (Phi) is 3.66. The number of aromatic nitrogens is 2. The Hall–Kier alpha value is -1.52. The maximum atomic E-state index is 11.2. The topological polar surface area (TPSA) is 58.4 Å². The molecule has 1 aliphatic rings. The molecule has 0 aliphatic carbocycles. The first kappa shape index (κ1) is 12.0. The van der Waals surface area contributed by atoms with Gasteiger partial charge in [-0.15, -0.1) is 0 Å². The second kappa shape index (κ2) is 5.21. The molecule has 0 radical (unpaired) electrons. The van der Waals surface area contributed by atoms with Crippen LogP contribution in [0, 0.1) is 0 Å². The van der Waals surface area contributed by atoms with Gasteiger partial charge in [0.2, 0.25) is 0 Å². The maximum Gasteiger partial charge on any atom is 0.341 e. The molecule has 1 fully saturated rings. The molecule has 17 heavy (non-hydrogen) atoms. The lowest BCUT2D eigenvalue weighted by molar-refractivity contribution is 0.0697. The zero-order valence-corrected chi connectivity index (χ0v) is 10.2. The summed E-state index contributed by atoms with van der Waals surface area (Å²) >= 11 is 0. The average Bonchev–Trinajstić information content (AvgIpc) is 2.94. The molecule has 1 saturated heterocycles. The molecule has 1 N–H and O–H groups in total. The van der Waals surface area contributed by atoms with E-state index in [4.69, 9.17) is 0 Å². The van der Waals surface area contributed by atoms with E-state index in [0.717, 1.165) is 51.1 Å². The van der Waals surface area contributed by atoms with Gasteiger partial charge in [-0.2, -0.15) is 5.10 Å². The zero-order valence-electron chi connectivity index (χ0n) is 10.2. The zero-order chi connectivity index (χ0) is 12.3. The van der Waals surface area contributed by atoms with Crippen molar-refractivity contribution in [3.8, 4) is 0 Å². The molecule has 0 spiro atoms. The first-order valence-corrected chi connectivity index (χ1v) is 6.28. The predicted molar refractivity (Wildman–Crippen MR) is 65.5 cm³/mol. The molecule has 5 nitrogen and oxygen atoms in total. The van der Waals surface area contributed by atoms with Gasteiger partial charge >= 0.3 is 5.97 Å². The van der Waals surface area contributed by atoms with Gasteiger partial charge < -0.3 is 10.0 Å². The normalized spacial score (nSPS) is 15.5. The molecule has 0 atom stereocenters. The lowest BCUT2D eigenvalue weighted by Crippen LogP contribution is -2.24. The molecular formula is C12H19N3O2. The Balaban J connectivity index is 2.28. The molecule has 1 aromatic rings. The van der Waals surface area contributed by atoms with Crippen molar-refractivity contribution in [2.75, 3.05) is 18.0 Å². The highest BCUT2D eigenvalue weighted by molar-refractivity contribution is 5.93. The van der Waals surface area contributed by atoms with Crippen LogP contribution in [0.2, 0.25) is 0 Å².